The highest BCUT2D eigenvalue weighted by Crippen LogP contribution is 2.22. The van der Waals surface area contributed by atoms with Crippen molar-refractivity contribution in [1.29, 1.82) is 0 Å². The number of ether oxygens (including phenoxy) is 1. The van der Waals surface area contributed by atoms with Crippen molar-refractivity contribution >= 4 is 11.8 Å². The van der Waals surface area contributed by atoms with Gasteiger partial charge in [0.1, 0.15) is 0 Å². The van der Waals surface area contributed by atoms with Crippen molar-refractivity contribution in [3.05, 3.63) is 0 Å². The van der Waals surface area contributed by atoms with Crippen LogP contribution in [-0.2, 0) is 14.3 Å². The molecule has 0 spiro atoms. The fourth-order valence-electron chi connectivity index (χ4n) is 2.70. The van der Waals surface area contributed by atoms with Crippen LogP contribution in [0.1, 0.15) is 12.8 Å². The Bertz CT molecular complexity index is 327. The lowest BCUT2D eigenvalue weighted by molar-refractivity contribution is -0.139. The number of likely N-dealkylation sites (tertiary alicyclic amines) is 1. The van der Waals surface area contributed by atoms with E-state index in [1.807, 2.05) is 11.9 Å². The molecule has 2 amide bonds. The Labute approximate surface area is 107 Å². The van der Waals surface area contributed by atoms with E-state index >= 15 is 0 Å². The third-order valence-electron chi connectivity index (χ3n) is 3.98. The van der Waals surface area contributed by atoms with Crippen molar-refractivity contribution in [3.63, 3.8) is 0 Å². The van der Waals surface area contributed by atoms with Crippen LogP contribution in [0.15, 0.2) is 0 Å². The van der Waals surface area contributed by atoms with Gasteiger partial charge >= 0.3 is 0 Å². The smallest absolute Gasteiger partial charge is 0.229 e. The highest BCUT2D eigenvalue weighted by atomic mass is 16.5. The first-order valence-electron chi connectivity index (χ1n) is 6.46. The van der Waals surface area contributed by atoms with Gasteiger partial charge < -0.3 is 20.7 Å². The maximum atomic E-state index is 12.3. The first-order chi connectivity index (χ1) is 8.63. The summed E-state index contributed by atoms with van der Waals surface area (Å²) in [6.45, 7) is 2.32. The number of piperidine rings is 1. The predicted octanol–water partition coefficient (Wildman–Crippen LogP) is -1.06. The standard InChI is InChI=1S/C12H21N3O3/c1-14-10-7-18-6-9(10)12(17)15-4-2-8(3-5-15)11(13)16/h8-10,14H,2-7H2,1H3,(H2,13,16). The number of nitrogens with one attached hydrogen (secondary N) is 1. The number of hydrogen-bond acceptors (Lipinski definition) is 4. The molecule has 0 bridgehead atoms. The average Bonchev–Trinajstić information content (AvgIpc) is 2.86. The summed E-state index contributed by atoms with van der Waals surface area (Å²) in [5.74, 6) is -0.289. The van der Waals surface area contributed by atoms with Crippen molar-refractivity contribution in [2.45, 2.75) is 18.9 Å². The number of primary amides is 1. The summed E-state index contributed by atoms with van der Waals surface area (Å²) in [4.78, 5) is 25.2. The molecule has 102 valence electrons. The monoisotopic (exact) mass is 255 g/mol. The third kappa shape index (κ3) is 2.64. The van der Waals surface area contributed by atoms with Gasteiger partial charge in [0, 0.05) is 25.0 Å². The number of carbonyl (C=O) groups excluding carboxylic acids is 2. The van der Waals surface area contributed by atoms with Gasteiger partial charge in [-0.2, -0.15) is 0 Å². The van der Waals surface area contributed by atoms with Crippen LogP contribution < -0.4 is 11.1 Å². The van der Waals surface area contributed by atoms with Crippen LogP contribution in [0.5, 0.6) is 0 Å². The van der Waals surface area contributed by atoms with E-state index in [0.29, 0.717) is 39.1 Å². The van der Waals surface area contributed by atoms with Crippen molar-refractivity contribution < 1.29 is 14.3 Å². The van der Waals surface area contributed by atoms with Crippen LogP contribution in [0.25, 0.3) is 0 Å². The maximum Gasteiger partial charge on any atom is 0.229 e. The summed E-state index contributed by atoms with van der Waals surface area (Å²) in [5.41, 5.74) is 5.28. The van der Waals surface area contributed by atoms with Gasteiger partial charge in [-0.1, -0.05) is 0 Å². The molecule has 2 atom stereocenters. The van der Waals surface area contributed by atoms with E-state index in [1.165, 1.54) is 0 Å². The molecule has 6 nitrogen and oxygen atoms in total. The van der Waals surface area contributed by atoms with Crippen LogP contribution in [0, 0.1) is 11.8 Å². The predicted molar refractivity (Wildman–Crippen MR) is 65.7 cm³/mol. The fourth-order valence-corrected chi connectivity index (χ4v) is 2.70. The molecule has 0 aromatic carbocycles. The van der Waals surface area contributed by atoms with Gasteiger partial charge in [-0.25, -0.2) is 0 Å². The van der Waals surface area contributed by atoms with Gasteiger partial charge in [0.15, 0.2) is 0 Å². The van der Waals surface area contributed by atoms with Crippen LogP contribution in [0.4, 0.5) is 0 Å². The minimum Gasteiger partial charge on any atom is -0.379 e. The molecule has 3 N–H and O–H groups in total. The lowest BCUT2D eigenvalue weighted by Crippen LogP contribution is -2.48. The van der Waals surface area contributed by atoms with E-state index in [2.05, 4.69) is 5.32 Å². The molecule has 2 saturated heterocycles. The zero-order valence-electron chi connectivity index (χ0n) is 10.7. The average molecular weight is 255 g/mol. The highest BCUT2D eigenvalue weighted by molar-refractivity contribution is 5.81. The van der Waals surface area contributed by atoms with Crippen molar-refractivity contribution in [2.75, 3.05) is 33.4 Å². The molecule has 2 heterocycles. The van der Waals surface area contributed by atoms with Gasteiger partial charge in [-0.15, -0.1) is 0 Å². The fraction of sp³-hybridized carbons (Fsp3) is 0.833. The SMILES string of the molecule is CNC1COCC1C(=O)N1CCC(C(N)=O)CC1. The molecule has 0 aromatic rings. The molecule has 0 aromatic heterocycles. The highest BCUT2D eigenvalue weighted by Gasteiger charge is 2.37. The maximum absolute atomic E-state index is 12.3. The van der Waals surface area contributed by atoms with Crippen molar-refractivity contribution in [3.8, 4) is 0 Å². The molecule has 2 aliphatic heterocycles. The van der Waals surface area contributed by atoms with Crippen molar-refractivity contribution in [2.24, 2.45) is 17.6 Å². The Kier molecular flexibility index (Phi) is 4.19. The summed E-state index contributed by atoms with van der Waals surface area (Å²) >= 11 is 0. The topological polar surface area (TPSA) is 84.7 Å². The Balaban J connectivity index is 1.89. The molecular formula is C12H21N3O3. The van der Waals surface area contributed by atoms with Gasteiger partial charge in [-0.05, 0) is 19.9 Å². The van der Waals surface area contributed by atoms with Gasteiger partial charge in [0.25, 0.3) is 0 Å². The van der Waals surface area contributed by atoms with Crippen LogP contribution >= 0.6 is 0 Å². The number of hydrogen-bond donors (Lipinski definition) is 2. The number of carbonyl (C=O) groups is 2. The number of nitrogens with two attached hydrogens (primary N) is 1. The summed E-state index contributed by atoms with van der Waals surface area (Å²) in [6.07, 6.45) is 1.36. The molecule has 2 aliphatic rings. The number of nitrogens with zero attached hydrogens (tertiary/aromatic N) is 1. The second kappa shape index (κ2) is 5.67. The Hall–Kier alpha value is -1.14. The van der Waals surface area contributed by atoms with Crippen LogP contribution in [-0.4, -0.2) is 56.1 Å². The largest absolute Gasteiger partial charge is 0.379 e. The lowest BCUT2D eigenvalue weighted by Gasteiger charge is -2.33. The Morgan fingerprint density at radius 1 is 1.28 bits per heavy atom. The van der Waals surface area contributed by atoms with Crippen LogP contribution in [0.3, 0.4) is 0 Å². The van der Waals surface area contributed by atoms with Gasteiger partial charge in [0.05, 0.1) is 19.1 Å². The molecule has 0 saturated carbocycles. The van der Waals surface area contributed by atoms with E-state index in [0.717, 1.165) is 0 Å². The van der Waals surface area contributed by atoms with E-state index in [4.69, 9.17) is 10.5 Å². The number of amides is 2. The Morgan fingerprint density at radius 2 is 1.94 bits per heavy atom. The molecule has 2 rings (SSSR count). The summed E-state index contributed by atoms with van der Waals surface area (Å²) in [6, 6.07) is 0.103. The molecule has 2 unspecified atom stereocenters. The molecule has 18 heavy (non-hydrogen) atoms. The first-order valence-corrected chi connectivity index (χ1v) is 6.46. The Morgan fingerprint density at radius 3 is 2.50 bits per heavy atom. The minimum atomic E-state index is -0.251. The molecule has 2 fully saturated rings. The normalized spacial score (nSPS) is 29.5. The van der Waals surface area contributed by atoms with Crippen LogP contribution in [0.2, 0.25) is 0 Å². The molecule has 6 heteroatoms. The zero-order chi connectivity index (χ0) is 13.1. The van der Waals surface area contributed by atoms with Gasteiger partial charge in [-0.3, -0.25) is 9.59 Å². The van der Waals surface area contributed by atoms with E-state index < -0.39 is 0 Å². The zero-order valence-corrected chi connectivity index (χ0v) is 10.7. The lowest BCUT2D eigenvalue weighted by atomic mass is 9.94. The van der Waals surface area contributed by atoms with Gasteiger partial charge in [0.2, 0.25) is 11.8 Å². The van der Waals surface area contributed by atoms with E-state index in [-0.39, 0.29) is 29.7 Å². The molecular weight excluding hydrogens is 234 g/mol. The second-order valence-corrected chi connectivity index (χ2v) is 5.04. The second-order valence-electron chi connectivity index (χ2n) is 5.04. The first kappa shape index (κ1) is 13.3. The third-order valence-corrected chi connectivity index (χ3v) is 3.98. The summed E-state index contributed by atoms with van der Waals surface area (Å²) < 4.78 is 5.35. The summed E-state index contributed by atoms with van der Waals surface area (Å²) in [5, 5.41) is 3.11. The summed E-state index contributed by atoms with van der Waals surface area (Å²) in [7, 11) is 1.85. The van der Waals surface area contributed by atoms with E-state index in [1.54, 1.807) is 0 Å². The van der Waals surface area contributed by atoms with Crippen molar-refractivity contribution in [1.82, 2.24) is 10.2 Å². The quantitative estimate of drug-likeness (QED) is 0.673. The number of rotatable bonds is 3. The molecule has 0 radical (unpaired) electrons. The number of likely N-dealkylation sites (N-methyl/N-ethyl adjacent to an activating group) is 1. The van der Waals surface area contributed by atoms with E-state index in [9.17, 15) is 9.59 Å². The molecule has 0 aliphatic carbocycles. The minimum absolute atomic E-state index is 0.0750.